The highest BCUT2D eigenvalue weighted by Crippen LogP contribution is 2.19. The van der Waals surface area contributed by atoms with E-state index in [0.29, 0.717) is 12.4 Å². The van der Waals surface area contributed by atoms with E-state index in [2.05, 4.69) is 25.9 Å². The molecule has 106 valence electrons. The highest BCUT2D eigenvalue weighted by atomic mass is 16.1. The fourth-order valence-electron chi connectivity index (χ4n) is 1.66. The number of nitrogens with zero attached hydrogens (tertiary/aromatic N) is 2. The molecule has 0 aliphatic rings. The normalized spacial score (nSPS) is 10.1. The summed E-state index contributed by atoms with van der Waals surface area (Å²) in [6.45, 7) is 9.52. The molecule has 0 saturated carbocycles. The minimum atomic E-state index is -0.0384. The van der Waals surface area contributed by atoms with Gasteiger partial charge in [-0.25, -0.2) is 9.97 Å². The first-order valence-corrected chi connectivity index (χ1v) is 6.74. The molecule has 19 heavy (non-hydrogen) atoms. The molecule has 6 heteroatoms. The first kappa shape index (κ1) is 15.2. The molecular formula is C13H23N5O. The molecule has 0 unspecified atom stereocenters. The standard InChI is InChI=1S/C13H23N5O/c1-5-10-17-12(15-7-3)9(4)13(18-10)16-8-11(19)14-6-2/h5-8H2,1-4H3,(H,14,19)(H2,15,16,17,18). The van der Waals surface area contributed by atoms with Crippen LogP contribution >= 0.6 is 0 Å². The van der Waals surface area contributed by atoms with Crippen LogP contribution in [0.4, 0.5) is 11.6 Å². The Morgan fingerprint density at radius 2 is 1.68 bits per heavy atom. The average Bonchev–Trinajstić information content (AvgIpc) is 2.40. The molecule has 1 amide bonds. The van der Waals surface area contributed by atoms with Crippen LogP contribution in [0.25, 0.3) is 0 Å². The number of aromatic nitrogens is 2. The smallest absolute Gasteiger partial charge is 0.239 e. The number of aryl methyl sites for hydroxylation is 1. The Morgan fingerprint density at radius 3 is 2.21 bits per heavy atom. The zero-order chi connectivity index (χ0) is 14.3. The summed E-state index contributed by atoms with van der Waals surface area (Å²) in [7, 11) is 0. The molecule has 1 aromatic heterocycles. The van der Waals surface area contributed by atoms with E-state index in [1.807, 2.05) is 27.7 Å². The molecule has 1 rings (SSSR count). The second-order valence-corrected chi connectivity index (χ2v) is 4.15. The Labute approximate surface area is 114 Å². The third-order valence-electron chi connectivity index (χ3n) is 2.64. The predicted molar refractivity (Wildman–Crippen MR) is 77.5 cm³/mol. The first-order valence-electron chi connectivity index (χ1n) is 6.74. The number of hydrogen-bond acceptors (Lipinski definition) is 5. The van der Waals surface area contributed by atoms with Crippen LogP contribution in [0.5, 0.6) is 0 Å². The Bertz CT molecular complexity index is 433. The van der Waals surface area contributed by atoms with Crippen LogP contribution in [0.3, 0.4) is 0 Å². The van der Waals surface area contributed by atoms with Crippen LogP contribution in [0, 0.1) is 6.92 Å². The summed E-state index contributed by atoms with van der Waals surface area (Å²) in [5, 5.41) is 9.02. The monoisotopic (exact) mass is 265 g/mol. The summed E-state index contributed by atoms with van der Waals surface area (Å²) in [4.78, 5) is 20.3. The van der Waals surface area contributed by atoms with Crippen LogP contribution in [-0.4, -0.2) is 35.5 Å². The third-order valence-corrected chi connectivity index (χ3v) is 2.64. The molecule has 0 atom stereocenters. The molecule has 1 heterocycles. The molecule has 0 bridgehead atoms. The molecule has 0 aromatic carbocycles. The average molecular weight is 265 g/mol. The number of likely N-dealkylation sites (N-methyl/N-ethyl adjacent to an activating group) is 1. The Balaban J connectivity index is 2.86. The van der Waals surface area contributed by atoms with Crippen molar-refractivity contribution in [3.05, 3.63) is 11.4 Å². The fourth-order valence-corrected chi connectivity index (χ4v) is 1.66. The third kappa shape index (κ3) is 4.39. The van der Waals surface area contributed by atoms with Gasteiger partial charge in [-0.2, -0.15) is 0 Å². The molecule has 1 aromatic rings. The number of rotatable bonds is 7. The van der Waals surface area contributed by atoms with Gasteiger partial charge in [0.05, 0.1) is 6.54 Å². The van der Waals surface area contributed by atoms with Gasteiger partial charge in [0.25, 0.3) is 0 Å². The van der Waals surface area contributed by atoms with Crippen molar-refractivity contribution in [1.29, 1.82) is 0 Å². The topological polar surface area (TPSA) is 78.9 Å². The number of amides is 1. The van der Waals surface area contributed by atoms with Crippen molar-refractivity contribution in [3.8, 4) is 0 Å². The molecule has 0 radical (unpaired) electrons. The van der Waals surface area contributed by atoms with Crippen LogP contribution in [0.15, 0.2) is 0 Å². The number of carbonyl (C=O) groups excluding carboxylic acids is 1. The lowest BCUT2D eigenvalue weighted by Crippen LogP contribution is -2.30. The van der Waals surface area contributed by atoms with Crippen molar-refractivity contribution in [2.75, 3.05) is 30.3 Å². The molecular weight excluding hydrogens is 242 g/mol. The number of nitrogens with one attached hydrogen (secondary N) is 3. The molecule has 0 aliphatic heterocycles. The van der Waals surface area contributed by atoms with Gasteiger partial charge >= 0.3 is 0 Å². The van der Waals surface area contributed by atoms with Gasteiger partial charge in [0.1, 0.15) is 17.5 Å². The van der Waals surface area contributed by atoms with Crippen molar-refractivity contribution in [1.82, 2.24) is 15.3 Å². The minimum absolute atomic E-state index is 0.0384. The maximum absolute atomic E-state index is 11.5. The van der Waals surface area contributed by atoms with E-state index in [4.69, 9.17) is 0 Å². The highest BCUT2D eigenvalue weighted by molar-refractivity contribution is 5.80. The molecule has 6 nitrogen and oxygen atoms in total. The lowest BCUT2D eigenvalue weighted by atomic mass is 10.3. The minimum Gasteiger partial charge on any atom is -0.370 e. The Kier molecular flexibility index (Phi) is 6.05. The summed E-state index contributed by atoms with van der Waals surface area (Å²) in [5.74, 6) is 2.27. The summed E-state index contributed by atoms with van der Waals surface area (Å²) in [6, 6.07) is 0. The van der Waals surface area contributed by atoms with Gasteiger partial charge in [-0.3, -0.25) is 4.79 Å². The Morgan fingerprint density at radius 1 is 1.05 bits per heavy atom. The first-order chi connectivity index (χ1) is 9.12. The maximum Gasteiger partial charge on any atom is 0.239 e. The molecule has 0 aliphatic carbocycles. The van der Waals surface area contributed by atoms with Crippen molar-refractivity contribution < 1.29 is 4.79 Å². The lowest BCUT2D eigenvalue weighted by Gasteiger charge is -2.14. The fraction of sp³-hybridized carbons (Fsp3) is 0.615. The zero-order valence-corrected chi connectivity index (χ0v) is 12.1. The van der Waals surface area contributed by atoms with Crippen molar-refractivity contribution in [2.24, 2.45) is 0 Å². The summed E-state index contributed by atoms with van der Waals surface area (Å²) < 4.78 is 0. The van der Waals surface area contributed by atoms with Gasteiger partial charge in [0, 0.05) is 25.1 Å². The van der Waals surface area contributed by atoms with E-state index >= 15 is 0 Å². The van der Waals surface area contributed by atoms with Gasteiger partial charge in [0.15, 0.2) is 0 Å². The van der Waals surface area contributed by atoms with Crippen LogP contribution in [0.2, 0.25) is 0 Å². The van der Waals surface area contributed by atoms with Crippen LogP contribution < -0.4 is 16.0 Å². The molecule has 0 saturated heterocycles. The summed E-state index contributed by atoms with van der Waals surface area (Å²) in [5.41, 5.74) is 0.934. The van der Waals surface area contributed by atoms with E-state index in [9.17, 15) is 4.79 Å². The van der Waals surface area contributed by atoms with Gasteiger partial charge < -0.3 is 16.0 Å². The van der Waals surface area contributed by atoms with E-state index in [0.717, 1.165) is 30.2 Å². The SMILES string of the molecule is CCNC(=O)CNc1nc(CC)nc(NCC)c1C. The highest BCUT2D eigenvalue weighted by Gasteiger charge is 2.10. The van der Waals surface area contributed by atoms with Gasteiger partial charge in [-0.1, -0.05) is 6.92 Å². The van der Waals surface area contributed by atoms with Crippen LogP contribution in [0.1, 0.15) is 32.2 Å². The van der Waals surface area contributed by atoms with E-state index in [-0.39, 0.29) is 12.5 Å². The molecule has 0 spiro atoms. The summed E-state index contributed by atoms with van der Waals surface area (Å²) >= 11 is 0. The predicted octanol–water partition coefficient (Wildman–Crippen LogP) is 1.33. The maximum atomic E-state index is 11.5. The Hall–Kier alpha value is -1.85. The summed E-state index contributed by atoms with van der Waals surface area (Å²) in [6.07, 6.45) is 0.758. The second kappa shape index (κ2) is 7.56. The molecule has 0 fully saturated rings. The second-order valence-electron chi connectivity index (χ2n) is 4.15. The number of anilines is 2. The lowest BCUT2D eigenvalue weighted by molar-refractivity contribution is -0.119. The van der Waals surface area contributed by atoms with E-state index in [1.54, 1.807) is 0 Å². The van der Waals surface area contributed by atoms with Crippen molar-refractivity contribution >= 4 is 17.5 Å². The van der Waals surface area contributed by atoms with E-state index in [1.165, 1.54) is 0 Å². The van der Waals surface area contributed by atoms with E-state index < -0.39 is 0 Å². The van der Waals surface area contributed by atoms with Gasteiger partial charge in [-0.05, 0) is 20.8 Å². The van der Waals surface area contributed by atoms with Gasteiger partial charge in [0.2, 0.25) is 5.91 Å². The van der Waals surface area contributed by atoms with Gasteiger partial charge in [-0.15, -0.1) is 0 Å². The van der Waals surface area contributed by atoms with Crippen molar-refractivity contribution in [2.45, 2.75) is 34.1 Å². The molecule has 3 N–H and O–H groups in total. The quantitative estimate of drug-likeness (QED) is 0.693. The number of carbonyl (C=O) groups is 1. The number of hydrogen-bond donors (Lipinski definition) is 3. The largest absolute Gasteiger partial charge is 0.370 e. The van der Waals surface area contributed by atoms with Crippen LogP contribution in [-0.2, 0) is 11.2 Å². The zero-order valence-electron chi connectivity index (χ0n) is 12.1. The van der Waals surface area contributed by atoms with Crippen molar-refractivity contribution in [3.63, 3.8) is 0 Å².